The fourth-order valence-corrected chi connectivity index (χ4v) is 2.07. The Kier molecular flexibility index (Phi) is 3.26. The Morgan fingerprint density at radius 2 is 1.90 bits per heavy atom. The average molecular weight is 266 g/mol. The summed E-state index contributed by atoms with van der Waals surface area (Å²) in [5.74, 6) is 0.680. The van der Waals surface area contributed by atoms with Gasteiger partial charge in [0.25, 0.3) is 0 Å². The van der Waals surface area contributed by atoms with Crippen molar-refractivity contribution in [3.8, 4) is 0 Å². The second kappa shape index (κ2) is 5.22. The molecule has 3 aromatic rings. The highest BCUT2D eigenvalue weighted by molar-refractivity contribution is 5.56. The molecule has 0 bridgehead atoms. The van der Waals surface area contributed by atoms with E-state index in [-0.39, 0.29) is 6.61 Å². The van der Waals surface area contributed by atoms with E-state index in [9.17, 15) is 5.11 Å². The van der Waals surface area contributed by atoms with E-state index in [1.807, 2.05) is 60.0 Å². The second-order valence-electron chi connectivity index (χ2n) is 4.44. The predicted molar refractivity (Wildman–Crippen MR) is 76.5 cm³/mol. The number of nitrogens with zero attached hydrogens (tertiary/aromatic N) is 4. The minimum Gasteiger partial charge on any atom is -0.392 e. The van der Waals surface area contributed by atoms with Gasteiger partial charge in [-0.25, -0.2) is 4.98 Å². The van der Waals surface area contributed by atoms with E-state index in [0.29, 0.717) is 5.82 Å². The molecule has 3 rings (SSSR count). The SMILES string of the molecule is Cc1nc2c(CO)cccn2c1N=Nc1ccccc1. The van der Waals surface area contributed by atoms with Crippen LogP contribution in [-0.4, -0.2) is 14.5 Å². The first-order valence-electron chi connectivity index (χ1n) is 6.34. The Hall–Kier alpha value is -2.53. The number of pyridine rings is 1. The number of hydrogen-bond donors (Lipinski definition) is 1. The van der Waals surface area contributed by atoms with Crippen LogP contribution in [0.4, 0.5) is 11.5 Å². The molecule has 2 heterocycles. The molecule has 0 atom stereocenters. The maximum Gasteiger partial charge on any atom is 0.182 e. The average Bonchev–Trinajstić information content (AvgIpc) is 2.81. The zero-order valence-electron chi connectivity index (χ0n) is 11.1. The number of azo groups is 1. The van der Waals surface area contributed by atoms with Crippen molar-refractivity contribution < 1.29 is 5.11 Å². The highest BCUT2D eigenvalue weighted by Crippen LogP contribution is 2.24. The van der Waals surface area contributed by atoms with Crippen molar-refractivity contribution >= 4 is 17.2 Å². The number of aliphatic hydroxyl groups is 1. The molecule has 0 fully saturated rings. The summed E-state index contributed by atoms with van der Waals surface area (Å²) in [5, 5.41) is 17.8. The highest BCUT2D eigenvalue weighted by atomic mass is 16.3. The molecule has 2 aromatic heterocycles. The molecular formula is C15H14N4O. The number of aryl methyl sites for hydroxylation is 1. The molecule has 0 radical (unpaired) electrons. The number of imidazole rings is 1. The predicted octanol–water partition coefficient (Wildman–Crippen LogP) is 3.55. The van der Waals surface area contributed by atoms with Crippen LogP contribution in [0.2, 0.25) is 0 Å². The van der Waals surface area contributed by atoms with Crippen molar-refractivity contribution in [2.75, 3.05) is 0 Å². The van der Waals surface area contributed by atoms with Gasteiger partial charge in [-0.2, -0.15) is 0 Å². The maximum absolute atomic E-state index is 9.34. The number of aromatic nitrogens is 2. The summed E-state index contributed by atoms with van der Waals surface area (Å²) in [5.41, 5.74) is 3.07. The maximum atomic E-state index is 9.34. The summed E-state index contributed by atoms with van der Waals surface area (Å²) >= 11 is 0. The highest BCUT2D eigenvalue weighted by Gasteiger charge is 2.10. The Morgan fingerprint density at radius 1 is 1.10 bits per heavy atom. The van der Waals surface area contributed by atoms with E-state index in [2.05, 4.69) is 15.2 Å². The summed E-state index contributed by atoms with van der Waals surface area (Å²) in [6.07, 6.45) is 1.87. The van der Waals surface area contributed by atoms with E-state index >= 15 is 0 Å². The molecule has 100 valence electrons. The molecule has 1 aromatic carbocycles. The molecule has 1 N–H and O–H groups in total. The molecule has 0 spiro atoms. The first kappa shape index (κ1) is 12.5. The van der Waals surface area contributed by atoms with Crippen molar-refractivity contribution in [1.29, 1.82) is 0 Å². The lowest BCUT2D eigenvalue weighted by atomic mass is 10.3. The standard InChI is InChI=1S/C15H14N4O/c1-11-14(18-17-13-7-3-2-4-8-13)19-9-5-6-12(10-20)15(19)16-11/h2-9,20H,10H2,1H3. The number of fused-ring (bicyclic) bond motifs is 1. The van der Waals surface area contributed by atoms with Crippen LogP contribution in [0, 0.1) is 6.92 Å². The third kappa shape index (κ3) is 2.19. The van der Waals surface area contributed by atoms with Gasteiger partial charge in [0.1, 0.15) is 5.65 Å². The van der Waals surface area contributed by atoms with Crippen LogP contribution >= 0.6 is 0 Å². The summed E-state index contributed by atoms with van der Waals surface area (Å²) in [4.78, 5) is 4.45. The summed E-state index contributed by atoms with van der Waals surface area (Å²) in [7, 11) is 0. The van der Waals surface area contributed by atoms with Crippen LogP contribution in [-0.2, 0) is 6.61 Å². The van der Waals surface area contributed by atoms with Gasteiger partial charge in [0, 0.05) is 11.8 Å². The van der Waals surface area contributed by atoms with Crippen molar-refractivity contribution in [3.63, 3.8) is 0 Å². The molecule has 0 amide bonds. The third-order valence-electron chi connectivity index (χ3n) is 3.06. The van der Waals surface area contributed by atoms with Gasteiger partial charge in [-0.05, 0) is 25.1 Å². The third-order valence-corrected chi connectivity index (χ3v) is 3.06. The molecule has 0 saturated heterocycles. The molecule has 5 heteroatoms. The fraction of sp³-hybridized carbons (Fsp3) is 0.133. The lowest BCUT2D eigenvalue weighted by molar-refractivity contribution is 0.282. The van der Waals surface area contributed by atoms with Crippen LogP contribution in [0.1, 0.15) is 11.3 Å². The van der Waals surface area contributed by atoms with Crippen molar-refractivity contribution in [1.82, 2.24) is 9.38 Å². The quantitative estimate of drug-likeness (QED) is 0.737. The first-order valence-corrected chi connectivity index (χ1v) is 6.34. The topological polar surface area (TPSA) is 62.2 Å². The Morgan fingerprint density at radius 3 is 2.65 bits per heavy atom. The molecule has 0 aliphatic heterocycles. The van der Waals surface area contributed by atoms with E-state index in [1.165, 1.54) is 0 Å². The number of benzene rings is 1. The lowest BCUT2D eigenvalue weighted by Gasteiger charge is -2.00. The molecule has 0 aliphatic carbocycles. The van der Waals surface area contributed by atoms with Crippen molar-refractivity contribution in [3.05, 3.63) is 59.9 Å². The Labute approximate surface area is 116 Å². The number of rotatable bonds is 3. The second-order valence-corrected chi connectivity index (χ2v) is 4.44. The Bertz CT molecular complexity index is 762. The van der Waals surface area contributed by atoms with Gasteiger partial charge in [-0.15, -0.1) is 10.2 Å². The number of aliphatic hydroxyl groups excluding tert-OH is 1. The van der Waals surface area contributed by atoms with Crippen LogP contribution < -0.4 is 0 Å². The minimum absolute atomic E-state index is 0.0456. The molecule has 5 nitrogen and oxygen atoms in total. The van der Waals surface area contributed by atoms with Crippen LogP contribution in [0.3, 0.4) is 0 Å². The summed E-state index contributed by atoms with van der Waals surface area (Å²) in [6.45, 7) is 1.84. The van der Waals surface area contributed by atoms with E-state index in [1.54, 1.807) is 0 Å². The van der Waals surface area contributed by atoms with E-state index in [4.69, 9.17) is 0 Å². The van der Waals surface area contributed by atoms with Crippen LogP contribution in [0.15, 0.2) is 58.9 Å². The lowest BCUT2D eigenvalue weighted by Crippen LogP contribution is -1.90. The molecule has 0 aliphatic rings. The van der Waals surface area contributed by atoms with Gasteiger partial charge in [0.2, 0.25) is 0 Å². The molecule has 20 heavy (non-hydrogen) atoms. The molecule has 0 unspecified atom stereocenters. The van der Waals surface area contributed by atoms with Gasteiger partial charge in [-0.1, -0.05) is 24.3 Å². The minimum atomic E-state index is -0.0456. The van der Waals surface area contributed by atoms with Crippen LogP contribution in [0.5, 0.6) is 0 Å². The summed E-state index contributed by atoms with van der Waals surface area (Å²) in [6, 6.07) is 13.3. The van der Waals surface area contributed by atoms with Gasteiger partial charge in [0.15, 0.2) is 5.82 Å². The Balaban J connectivity index is 2.08. The van der Waals surface area contributed by atoms with Gasteiger partial charge < -0.3 is 5.11 Å². The van der Waals surface area contributed by atoms with E-state index < -0.39 is 0 Å². The monoisotopic (exact) mass is 266 g/mol. The van der Waals surface area contributed by atoms with Crippen molar-refractivity contribution in [2.24, 2.45) is 10.2 Å². The zero-order valence-corrected chi connectivity index (χ0v) is 11.1. The van der Waals surface area contributed by atoms with Crippen molar-refractivity contribution in [2.45, 2.75) is 13.5 Å². The summed E-state index contributed by atoms with van der Waals surface area (Å²) < 4.78 is 1.84. The van der Waals surface area contributed by atoms with Gasteiger partial charge in [0.05, 0.1) is 18.0 Å². The van der Waals surface area contributed by atoms with E-state index in [0.717, 1.165) is 22.6 Å². The molecular weight excluding hydrogens is 252 g/mol. The largest absolute Gasteiger partial charge is 0.392 e. The zero-order chi connectivity index (χ0) is 13.9. The van der Waals surface area contributed by atoms with Gasteiger partial charge in [-0.3, -0.25) is 4.40 Å². The first-order chi connectivity index (χ1) is 9.79. The smallest absolute Gasteiger partial charge is 0.182 e. The normalized spacial score (nSPS) is 11.5. The number of hydrogen-bond acceptors (Lipinski definition) is 4. The fourth-order valence-electron chi connectivity index (χ4n) is 2.07. The van der Waals surface area contributed by atoms with Crippen LogP contribution in [0.25, 0.3) is 5.65 Å². The molecule has 0 saturated carbocycles. The van der Waals surface area contributed by atoms with Gasteiger partial charge >= 0.3 is 0 Å².